The summed E-state index contributed by atoms with van der Waals surface area (Å²) >= 11 is 0. The molecular weight excluding hydrogens is 266 g/mol. The summed E-state index contributed by atoms with van der Waals surface area (Å²) in [5.74, 6) is -0.129. The zero-order valence-electron chi connectivity index (χ0n) is 14.1. The first kappa shape index (κ1) is 18.4. The highest BCUT2D eigenvalue weighted by Crippen LogP contribution is 2.22. The molecule has 1 rings (SSSR count). The van der Waals surface area contributed by atoms with Gasteiger partial charge in [-0.15, -0.1) is 0 Å². The largest absolute Gasteiger partial charge is 0.465 e. The lowest BCUT2D eigenvalue weighted by molar-refractivity contribution is -0.151. The summed E-state index contributed by atoms with van der Waals surface area (Å²) in [5, 5.41) is 3.35. The summed E-state index contributed by atoms with van der Waals surface area (Å²) in [7, 11) is 0. The molecule has 1 N–H and O–H groups in total. The molecule has 21 heavy (non-hydrogen) atoms. The summed E-state index contributed by atoms with van der Waals surface area (Å²) in [6.07, 6.45) is 9.37. The molecule has 0 aromatic heterocycles. The van der Waals surface area contributed by atoms with Crippen LogP contribution in [0, 0.1) is 0 Å². The van der Waals surface area contributed by atoms with Crippen LogP contribution in [0.1, 0.15) is 72.1 Å². The van der Waals surface area contributed by atoms with E-state index in [0.717, 1.165) is 38.8 Å². The fourth-order valence-corrected chi connectivity index (χ4v) is 2.84. The molecule has 0 spiro atoms. The maximum Gasteiger partial charge on any atom is 0.326 e. The Bertz CT molecular complexity index is 290. The van der Waals surface area contributed by atoms with Crippen molar-refractivity contribution < 1.29 is 14.3 Å². The number of nitrogens with one attached hydrogen (secondary N) is 1. The van der Waals surface area contributed by atoms with E-state index in [1.807, 2.05) is 13.8 Å². The number of ether oxygens (including phenoxy) is 2. The van der Waals surface area contributed by atoms with Crippen LogP contribution in [0.25, 0.3) is 0 Å². The van der Waals surface area contributed by atoms with E-state index in [9.17, 15) is 4.79 Å². The zero-order valence-corrected chi connectivity index (χ0v) is 14.1. The topological polar surface area (TPSA) is 47.6 Å². The van der Waals surface area contributed by atoms with Crippen LogP contribution in [-0.2, 0) is 14.3 Å². The van der Waals surface area contributed by atoms with E-state index in [4.69, 9.17) is 9.47 Å². The SMILES string of the molecule is CCCNC(C)(CCCCOC1CCCC1)C(=O)OCC. The van der Waals surface area contributed by atoms with E-state index < -0.39 is 5.54 Å². The molecule has 0 radical (unpaired) electrons. The number of unbranched alkanes of at least 4 members (excludes halogenated alkanes) is 1. The van der Waals surface area contributed by atoms with Gasteiger partial charge >= 0.3 is 5.97 Å². The summed E-state index contributed by atoms with van der Waals surface area (Å²) in [5.41, 5.74) is -0.556. The highest BCUT2D eigenvalue weighted by atomic mass is 16.5. The van der Waals surface area contributed by atoms with Crippen molar-refractivity contribution in [3.63, 3.8) is 0 Å². The average molecular weight is 299 g/mol. The summed E-state index contributed by atoms with van der Waals surface area (Å²) in [4.78, 5) is 12.1. The van der Waals surface area contributed by atoms with Gasteiger partial charge in [0.05, 0.1) is 12.7 Å². The molecule has 0 amide bonds. The second kappa shape index (κ2) is 10.2. The lowest BCUT2D eigenvalue weighted by atomic mass is 9.94. The molecule has 0 bridgehead atoms. The average Bonchev–Trinajstić information content (AvgIpc) is 2.98. The molecule has 1 fully saturated rings. The molecule has 1 saturated carbocycles. The normalized spacial score (nSPS) is 18.6. The number of hydrogen-bond donors (Lipinski definition) is 1. The van der Waals surface area contributed by atoms with Crippen molar-refractivity contribution in [2.24, 2.45) is 0 Å². The fraction of sp³-hybridized carbons (Fsp3) is 0.941. The van der Waals surface area contributed by atoms with E-state index in [1.54, 1.807) is 0 Å². The Morgan fingerprint density at radius 1 is 1.24 bits per heavy atom. The molecule has 1 aliphatic carbocycles. The molecule has 0 aromatic rings. The van der Waals surface area contributed by atoms with Gasteiger partial charge in [-0.2, -0.15) is 0 Å². The first-order chi connectivity index (χ1) is 10.1. The molecule has 124 valence electrons. The molecule has 0 saturated heterocycles. The lowest BCUT2D eigenvalue weighted by Crippen LogP contribution is -2.50. The number of hydrogen-bond acceptors (Lipinski definition) is 4. The van der Waals surface area contributed by atoms with Gasteiger partial charge in [-0.3, -0.25) is 4.79 Å². The van der Waals surface area contributed by atoms with E-state index in [-0.39, 0.29) is 5.97 Å². The third-order valence-electron chi connectivity index (χ3n) is 4.22. The van der Waals surface area contributed by atoms with Gasteiger partial charge in [-0.05, 0) is 58.9 Å². The number of carbonyl (C=O) groups is 1. The van der Waals surface area contributed by atoms with Crippen molar-refractivity contribution in [3.05, 3.63) is 0 Å². The minimum Gasteiger partial charge on any atom is -0.465 e. The van der Waals surface area contributed by atoms with Crippen LogP contribution in [-0.4, -0.2) is 37.4 Å². The second-order valence-electron chi connectivity index (χ2n) is 6.21. The number of rotatable bonds is 11. The van der Waals surface area contributed by atoms with Gasteiger partial charge < -0.3 is 14.8 Å². The smallest absolute Gasteiger partial charge is 0.326 e. The summed E-state index contributed by atoms with van der Waals surface area (Å²) < 4.78 is 11.1. The quantitative estimate of drug-likeness (QED) is 0.469. The molecule has 4 nitrogen and oxygen atoms in total. The van der Waals surface area contributed by atoms with Gasteiger partial charge in [0.25, 0.3) is 0 Å². The van der Waals surface area contributed by atoms with Gasteiger partial charge in [0.1, 0.15) is 5.54 Å². The van der Waals surface area contributed by atoms with Crippen molar-refractivity contribution in [2.45, 2.75) is 83.8 Å². The van der Waals surface area contributed by atoms with Crippen LogP contribution in [0.5, 0.6) is 0 Å². The standard InChI is InChI=1S/C17H33NO3/c1-4-13-18-17(3,16(19)20-5-2)12-8-9-14-21-15-10-6-7-11-15/h15,18H,4-14H2,1-3H3. The van der Waals surface area contributed by atoms with Crippen molar-refractivity contribution >= 4 is 5.97 Å². The van der Waals surface area contributed by atoms with Gasteiger partial charge in [-0.25, -0.2) is 0 Å². The zero-order chi connectivity index (χ0) is 15.6. The van der Waals surface area contributed by atoms with Crippen molar-refractivity contribution in [1.82, 2.24) is 5.32 Å². The maximum atomic E-state index is 12.1. The van der Waals surface area contributed by atoms with E-state index in [2.05, 4.69) is 12.2 Å². The van der Waals surface area contributed by atoms with Crippen LogP contribution < -0.4 is 5.32 Å². The Kier molecular flexibility index (Phi) is 8.93. The van der Waals surface area contributed by atoms with Gasteiger partial charge in [0.15, 0.2) is 0 Å². The molecular formula is C17H33NO3. The van der Waals surface area contributed by atoms with Crippen LogP contribution in [0.4, 0.5) is 0 Å². The minimum absolute atomic E-state index is 0.129. The molecule has 0 aromatic carbocycles. The maximum absolute atomic E-state index is 12.1. The van der Waals surface area contributed by atoms with Gasteiger partial charge in [-0.1, -0.05) is 19.8 Å². The highest BCUT2D eigenvalue weighted by Gasteiger charge is 2.33. The first-order valence-electron chi connectivity index (χ1n) is 8.66. The Morgan fingerprint density at radius 3 is 2.57 bits per heavy atom. The Morgan fingerprint density at radius 2 is 1.95 bits per heavy atom. The first-order valence-corrected chi connectivity index (χ1v) is 8.66. The second-order valence-corrected chi connectivity index (χ2v) is 6.21. The molecule has 1 atom stereocenters. The molecule has 0 aliphatic heterocycles. The monoisotopic (exact) mass is 299 g/mol. The van der Waals surface area contributed by atoms with E-state index >= 15 is 0 Å². The molecule has 1 aliphatic rings. The van der Waals surface area contributed by atoms with Crippen LogP contribution in [0.15, 0.2) is 0 Å². The van der Waals surface area contributed by atoms with E-state index in [0.29, 0.717) is 12.7 Å². The third-order valence-corrected chi connectivity index (χ3v) is 4.22. The number of carbonyl (C=O) groups excluding carboxylic acids is 1. The predicted octanol–water partition coefficient (Wildman–Crippen LogP) is 3.44. The van der Waals surface area contributed by atoms with Crippen LogP contribution in [0.3, 0.4) is 0 Å². The third kappa shape index (κ3) is 6.79. The van der Waals surface area contributed by atoms with Gasteiger partial charge in [0, 0.05) is 6.61 Å². The summed E-state index contributed by atoms with van der Waals surface area (Å²) in [6.45, 7) is 8.01. The predicted molar refractivity (Wildman–Crippen MR) is 85.4 cm³/mol. The van der Waals surface area contributed by atoms with Crippen LogP contribution >= 0.6 is 0 Å². The molecule has 1 unspecified atom stereocenters. The number of esters is 1. The van der Waals surface area contributed by atoms with E-state index in [1.165, 1.54) is 25.7 Å². The molecule has 4 heteroatoms. The Hall–Kier alpha value is -0.610. The minimum atomic E-state index is -0.556. The Balaban J connectivity index is 2.25. The fourth-order valence-electron chi connectivity index (χ4n) is 2.84. The lowest BCUT2D eigenvalue weighted by Gasteiger charge is -2.28. The molecule has 0 heterocycles. The van der Waals surface area contributed by atoms with Crippen LogP contribution in [0.2, 0.25) is 0 Å². The van der Waals surface area contributed by atoms with Crippen molar-refractivity contribution in [2.75, 3.05) is 19.8 Å². The van der Waals surface area contributed by atoms with Crippen molar-refractivity contribution in [3.8, 4) is 0 Å². The summed E-state index contributed by atoms with van der Waals surface area (Å²) in [6, 6.07) is 0. The Labute approximate surface area is 130 Å². The van der Waals surface area contributed by atoms with Gasteiger partial charge in [0.2, 0.25) is 0 Å². The van der Waals surface area contributed by atoms with Crippen molar-refractivity contribution in [1.29, 1.82) is 0 Å². The highest BCUT2D eigenvalue weighted by molar-refractivity contribution is 5.80.